The van der Waals surface area contributed by atoms with Gasteiger partial charge in [0.2, 0.25) is 0 Å². The number of rotatable bonds is 6. The summed E-state index contributed by atoms with van der Waals surface area (Å²) in [5, 5.41) is 0.661. The van der Waals surface area contributed by atoms with Gasteiger partial charge in [0, 0.05) is 36.6 Å². The van der Waals surface area contributed by atoms with Gasteiger partial charge in [-0.15, -0.1) is 0 Å². The average molecular weight is 432 g/mol. The summed E-state index contributed by atoms with van der Waals surface area (Å²) in [6, 6.07) is 10.7. The van der Waals surface area contributed by atoms with Crippen LogP contribution in [0, 0.1) is 5.92 Å². The maximum Gasteiger partial charge on any atom is 0.177 e. The van der Waals surface area contributed by atoms with Crippen LogP contribution in [0.1, 0.15) is 37.7 Å². The highest BCUT2D eigenvalue weighted by atomic mass is 32.2. The number of sulfone groups is 1. The second-order valence-corrected chi connectivity index (χ2v) is 10.2. The molecular formula is C21H21NO5S2. The Bertz CT molecular complexity index is 1030. The Morgan fingerprint density at radius 2 is 1.69 bits per heavy atom. The standard InChI is InChI=1S/C21H21NO5S2/c1-3-17(23)21-18(24)10-14(11-19(21)25)13-4-6-15(7-5-13)28-20-9-8-16(12-22-20)29(2,26)27/h4-9,12,14,21H,3,10-11H2,1-2H3. The monoisotopic (exact) mass is 431 g/mol. The van der Waals surface area contributed by atoms with Crippen LogP contribution in [0.5, 0.6) is 0 Å². The molecule has 0 aliphatic heterocycles. The molecule has 1 aliphatic rings. The number of Topliss-reactive ketones (excluding diaryl/α,β-unsaturated/α-hetero) is 3. The fourth-order valence-corrected chi connectivity index (χ4v) is 4.66. The lowest BCUT2D eigenvalue weighted by atomic mass is 9.75. The van der Waals surface area contributed by atoms with Crippen molar-refractivity contribution in [3.63, 3.8) is 0 Å². The molecule has 0 atom stereocenters. The molecule has 0 bridgehead atoms. The van der Waals surface area contributed by atoms with Gasteiger partial charge in [0.25, 0.3) is 0 Å². The van der Waals surface area contributed by atoms with Crippen molar-refractivity contribution < 1.29 is 22.8 Å². The first-order valence-electron chi connectivity index (χ1n) is 9.21. The van der Waals surface area contributed by atoms with Crippen LogP contribution in [-0.4, -0.2) is 37.0 Å². The normalized spacial score (nSPS) is 19.9. The molecule has 6 nitrogen and oxygen atoms in total. The third kappa shape index (κ3) is 5.00. The molecule has 1 aliphatic carbocycles. The Labute approximate surface area is 174 Å². The molecule has 1 heterocycles. The van der Waals surface area contributed by atoms with Gasteiger partial charge in [-0.25, -0.2) is 13.4 Å². The van der Waals surface area contributed by atoms with Gasteiger partial charge >= 0.3 is 0 Å². The lowest BCUT2D eigenvalue weighted by Crippen LogP contribution is -2.37. The number of pyridine rings is 1. The lowest BCUT2D eigenvalue weighted by molar-refractivity contribution is -0.142. The largest absolute Gasteiger partial charge is 0.298 e. The average Bonchev–Trinajstić information content (AvgIpc) is 2.67. The first-order chi connectivity index (χ1) is 13.7. The zero-order valence-electron chi connectivity index (χ0n) is 16.1. The highest BCUT2D eigenvalue weighted by Gasteiger charge is 2.39. The minimum atomic E-state index is -3.28. The number of carbonyl (C=O) groups is 3. The smallest absolute Gasteiger partial charge is 0.177 e. The first kappa shape index (κ1) is 21.4. The van der Waals surface area contributed by atoms with Gasteiger partial charge in [0.15, 0.2) is 27.2 Å². The summed E-state index contributed by atoms with van der Waals surface area (Å²) in [5.74, 6) is -2.15. The first-order valence-corrected chi connectivity index (χ1v) is 11.9. The Balaban J connectivity index is 1.68. The second kappa shape index (κ2) is 8.59. The van der Waals surface area contributed by atoms with Gasteiger partial charge in [-0.2, -0.15) is 0 Å². The number of aromatic nitrogens is 1. The van der Waals surface area contributed by atoms with E-state index in [1.165, 1.54) is 24.0 Å². The van der Waals surface area contributed by atoms with Crippen molar-refractivity contribution in [3.05, 3.63) is 48.2 Å². The summed E-state index contributed by atoms with van der Waals surface area (Å²) in [6.07, 6.45) is 3.06. The molecule has 1 saturated carbocycles. The Kier molecular flexibility index (Phi) is 6.33. The highest BCUT2D eigenvalue weighted by Crippen LogP contribution is 2.34. The number of carbonyl (C=O) groups excluding carboxylic acids is 3. The molecule has 1 aromatic heterocycles. The predicted octanol–water partition coefficient (Wildman–Crippen LogP) is 3.25. The van der Waals surface area contributed by atoms with Crippen LogP contribution in [0.2, 0.25) is 0 Å². The molecule has 0 saturated heterocycles. The van der Waals surface area contributed by atoms with E-state index in [1.807, 2.05) is 24.3 Å². The quantitative estimate of drug-likeness (QED) is 0.648. The van der Waals surface area contributed by atoms with Crippen molar-refractivity contribution >= 4 is 38.9 Å². The van der Waals surface area contributed by atoms with Crippen molar-refractivity contribution in [1.82, 2.24) is 4.98 Å². The van der Waals surface area contributed by atoms with E-state index >= 15 is 0 Å². The minimum absolute atomic E-state index is 0.170. The molecule has 0 radical (unpaired) electrons. The predicted molar refractivity (Wildman–Crippen MR) is 109 cm³/mol. The molecule has 0 N–H and O–H groups in total. The zero-order chi connectivity index (χ0) is 21.2. The van der Waals surface area contributed by atoms with Crippen LogP contribution in [0.4, 0.5) is 0 Å². The number of hydrogen-bond donors (Lipinski definition) is 0. The maximum absolute atomic E-state index is 12.3. The van der Waals surface area contributed by atoms with Gasteiger partial charge in [0.05, 0.1) is 4.90 Å². The van der Waals surface area contributed by atoms with E-state index in [2.05, 4.69) is 4.98 Å². The zero-order valence-corrected chi connectivity index (χ0v) is 17.8. The fraction of sp³-hybridized carbons (Fsp3) is 0.333. The van der Waals surface area contributed by atoms with Crippen LogP contribution < -0.4 is 0 Å². The van der Waals surface area contributed by atoms with Crippen LogP contribution in [0.15, 0.2) is 57.4 Å². The molecule has 8 heteroatoms. The van der Waals surface area contributed by atoms with Crippen molar-refractivity contribution in [2.24, 2.45) is 5.92 Å². The molecule has 0 unspecified atom stereocenters. The van der Waals surface area contributed by atoms with Gasteiger partial charge in [-0.05, 0) is 35.7 Å². The topological polar surface area (TPSA) is 98.2 Å². The number of benzene rings is 1. The van der Waals surface area contributed by atoms with E-state index in [0.717, 1.165) is 16.7 Å². The Morgan fingerprint density at radius 3 is 2.17 bits per heavy atom. The summed E-state index contributed by atoms with van der Waals surface area (Å²) in [6.45, 7) is 1.66. The van der Waals surface area contributed by atoms with E-state index in [9.17, 15) is 22.8 Å². The molecule has 1 fully saturated rings. The Morgan fingerprint density at radius 1 is 1.07 bits per heavy atom. The van der Waals surface area contributed by atoms with Crippen molar-refractivity contribution in [3.8, 4) is 0 Å². The molecule has 29 heavy (non-hydrogen) atoms. The third-order valence-corrected chi connectivity index (χ3v) is 6.98. The van der Waals surface area contributed by atoms with E-state index in [1.54, 1.807) is 13.0 Å². The highest BCUT2D eigenvalue weighted by molar-refractivity contribution is 7.99. The molecule has 0 spiro atoms. The SMILES string of the molecule is CCC(=O)C1C(=O)CC(c2ccc(Sc3ccc(S(C)(=O)=O)cn3)cc2)CC1=O. The number of nitrogens with zero attached hydrogens (tertiary/aromatic N) is 1. The number of ketones is 3. The molecule has 1 aromatic carbocycles. The fourth-order valence-electron chi connectivity index (χ4n) is 3.35. The Hall–Kier alpha value is -2.32. The van der Waals surface area contributed by atoms with Gasteiger partial charge < -0.3 is 0 Å². The summed E-state index contributed by atoms with van der Waals surface area (Å²) in [4.78, 5) is 41.7. The summed E-state index contributed by atoms with van der Waals surface area (Å²) in [5.41, 5.74) is 0.888. The van der Waals surface area contributed by atoms with Gasteiger partial charge in [0.1, 0.15) is 10.9 Å². The van der Waals surface area contributed by atoms with E-state index < -0.39 is 15.8 Å². The van der Waals surface area contributed by atoms with E-state index in [-0.39, 0.29) is 47.4 Å². The maximum atomic E-state index is 12.3. The minimum Gasteiger partial charge on any atom is -0.298 e. The molecule has 3 rings (SSSR count). The molecule has 0 amide bonds. The third-order valence-electron chi connectivity index (χ3n) is 4.92. The lowest BCUT2D eigenvalue weighted by Gasteiger charge is -2.25. The molecular weight excluding hydrogens is 410 g/mol. The van der Waals surface area contributed by atoms with Crippen LogP contribution in [-0.2, 0) is 24.2 Å². The van der Waals surface area contributed by atoms with Crippen LogP contribution in [0.25, 0.3) is 0 Å². The van der Waals surface area contributed by atoms with Crippen LogP contribution >= 0.6 is 11.8 Å². The van der Waals surface area contributed by atoms with Crippen LogP contribution in [0.3, 0.4) is 0 Å². The van der Waals surface area contributed by atoms with Crippen molar-refractivity contribution in [2.45, 2.75) is 46.9 Å². The second-order valence-electron chi connectivity index (χ2n) is 7.07. The summed E-state index contributed by atoms with van der Waals surface area (Å²) >= 11 is 1.39. The van der Waals surface area contributed by atoms with E-state index in [4.69, 9.17) is 0 Å². The van der Waals surface area contributed by atoms with Gasteiger partial charge in [-0.3, -0.25) is 14.4 Å². The summed E-state index contributed by atoms with van der Waals surface area (Å²) in [7, 11) is -3.28. The van der Waals surface area contributed by atoms with Crippen molar-refractivity contribution in [2.75, 3.05) is 6.26 Å². The van der Waals surface area contributed by atoms with E-state index in [0.29, 0.717) is 5.03 Å². The van der Waals surface area contributed by atoms with Crippen molar-refractivity contribution in [1.29, 1.82) is 0 Å². The summed E-state index contributed by atoms with van der Waals surface area (Å²) < 4.78 is 23.0. The molecule has 152 valence electrons. The molecule has 2 aromatic rings. The van der Waals surface area contributed by atoms with Gasteiger partial charge in [-0.1, -0.05) is 30.8 Å². The number of hydrogen-bond acceptors (Lipinski definition) is 7.